The molecule has 2 aromatic rings. The van der Waals surface area contributed by atoms with E-state index in [0.29, 0.717) is 20.6 Å². The summed E-state index contributed by atoms with van der Waals surface area (Å²) in [6.45, 7) is 0. The lowest BCUT2D eigenvalue weighted by molar-refractivity contribution is 0.0978. The maximum Gasteiger partial charge on any atom is 0.185 e. The van der Waals surface area contributed by atoms with Gasteiger partial charge in [-0.25, -0.2) is 0 Å². The Labute approximate surface area is 138 Å². The molecule has 0 saturated heterocycles. The Morgan fingerprint density at radius 3 is 2.40 bits per heavy atom. The van der Waals surface area contributed by atoms with Crippen LogP contribution in [0, 0.1) is 11.3 Å². The SMILES string of the molecule is N#CC(C(=O)c1cc(Br)ccc1Br)c1ccc(Cl)cc1. The number of ketones is 1. The highest BCUT2D eigenvalue weighted by Gasteiger charge is 2.23. The molecule has 0 amide bonds. The predicted molar refractivity (Wildman–Crippen MR) is 86.0 cm³/mol. The van der Waals surface area contributed by atoms with Gasteiger partial charge in [0.2, 0.25) is 0 Å². The van der Waals surface area contributed by atoms with Gasteiger partial charge in [0.1, 0.15) is 5.92 Å². The molecule has 0 bridgehead atoms. The van der Waals surface area contributed by atoms with Crippen molar-refractivity contribution in [1.29, 1.82) is 5.26 Å². The molecule has 1 atom stereocenters. The van der Waals surface area contributed by atoms with Gasteiger partial charge in [0.05, 0.1) is 6.07 Å². The van der Waals surface area contributed by atoms with E-state index in [1.54, 1.807) is 36.4 Å². The summed E-state index contributed by atoms with van der Waals surface area (Å²) in [6, 6.07) is 14.1. The van der Waals surface area contributed by atoms with Crippen molar-refractivity contribution in [3.05, 3.63) is 67.6 Å². The van der Waals surface area contributed by atoms with Crippen LogP contribution in [0.2, 0.25) is 5.02 Å². The monoisotopic (exact) mass is 411 g/mol. The number of halogens is 3. The highest BCUT2D eigenvalue weighted by atomic mass is 79.9. The Morgan fingerprint density at radius 2 is 1.80 bits per heavy atom. The van der Waals surface area contributed by atoms with Crippen molar-refractivity contribution in [3.8, 4) is 6.07 Å². The van der Waals surface area contributed by atoms with Crippen LogP contribution in [0.25, 0.3) is 0 Å². The molecule has 0 aromatic heterocycles. The van der Waals surface area contributed by atoms with E-state index in [2.05, 4.69) is 37.9 Å². The molecule has 2 aromatic carbocycles. The van der Waals surface area contributed by atoms with Crippen molar-refractivity contribution in [3.63, 3.8) is 0 Å². The lowest BCUT2D eigenvalue weighted by Gasteiger charge is -2.10. The molecule has 0 aliphatic heterocycles. The van der Waals surface area contributed by atoms with Gasteiger partial charge in [-0.3, -0.25) is 4.79 Å². The molecule has 0 N–H and O–H groups in total. The number of benzene rings is 2. The quantitative estimate of drug-likeness (QED) is 0.636. The van der Waals surface area contributed by atoms with Crippen LogP contribution in [0.3, 0.4) is 0 Å². The van der Waals surface area contributed by atoms with E-state index in [9.17, 15) is 10.1 Å². The normalized spacial score (nSPS) is 11.7. The first kappa shape index (κ1) is 15.2. The third-order valence-electron chi connectivity index (χ3n) is 2.79. The van der Waals surface area contributed by atoms with Crippen LogP contribution in [0.15, 0.2) is 51.4 Å². The second-order valence-corrected chi connectivity index (χ2v) is 6.31. The largest absolute Gasteiger partial charge is 0.292 e. The number of hydrogen-bond acceptors (Lipinski definition) is 2. The molecule has 2 rings (SSSR count). The first-order chi connectivity index (χ1) is 9.52. The van der Waals surface area contributed by atoms with E-state index < -0.39 is 5.92 Å². The summed E-state index contributed by atoms with van der Waals surface area (Å²) in [4.78, 5) is 12.5. The topological polar surface area (TPSA) is 40.9 Å². The molecule has 0 fully saturated rings. The number of nitriles is 1. The zero-order valence-corrected chi connectivity index (χ0v) is 14.0. The van der Waals surface area contributed by atoms with Gasteiger partial charge in [0.25, 0.3) is 0 Å². The van der Waals surface area contributed by atoms with Gasteiger partial charge in [-0.1, -0.05) is 55.6 Å². The zero-order valence-electron chi connectivity index (χ0n) is 10.1. The number of carbonyl (C=O) groups is 1. The van der Waals surface area contributed by atoms with Gasteiger partial charge >= 0.3 is 0 Å². The molecule has 2 nitrogen and oxygen atoms in total. The molecule has 5 heteroatoms. The van der Waals surface area contributed by atoms with Crippen molar-refractivity contribution >= 4 is 49.2 Å². The van der Waals surface area contributed by atoms with Gasteiger partial charge in [0, 0.05) is 19.5 Å². The molecular formula is C15H8Br2ClNO. The van der Waals surface area contributed by atoms with Gasteiger partial charge in [0.15, 0.2) is 5.78 Å². The predicted octanol–water partition coefficient (Wildman–Crippen LogP) is 5.36. The second kappa shape index (κ2) is 6.53. The molecule has 0 aliphatic carbocycles. The molecule has 0 spiro atoms. The highest BCUT2D eigenvalue weighted by molar-refractivity contribution is 9.11. The minimum atomic E-state index is -0.849. The van der Waals surface area contributed by atoms with Crippen LogP contribution in [0.4, 0.5) is 0 Å². The minimum Gasteiger partial charge on any atom is -0.292 e. The van der Waals surface area contributed by atoms with E-state index in [-0.39, 0.29) is 5.78 Å². The molecule has 0 aliphatic rings. The first-order valence-corrected chi connectivity index (χ1v) is 7.63. The van der Waals surface area contributed by atoms with Gasteiger partial charge in [-0.2, -0.15) is 5.26 Å². The number of nitrogens with zero attached hydrogens (tertiary/aromatic N) is 1. The summed E-state index contributed by atoms with van der Waals surface area (Å²) in [5.74, 6) is -1.10. The number of rotatable bonds is 3. The van der Waals surface area contributed by atoms with Crippen LogP contribution in [-0.4, -0.2) is 5.78 Å². The first-order valence-electron chi connectivity index (χ1n) is 5.67. The Morgan fingerprint density at radius 1 is 1.15 bits per heavy atom. The second-order valence-electron chi connectivity index (χ2n) is 4.10. The van der Waals surface area contributed by atoms with E-state index in [1.807, 2.05) is 6.07 Å². The van der Waals surface area contributed by atoms with Crippen LogP contribution < -0.4 is 0 Å². The van der Waals surface area contributed by atoms with Crippen LogP contribution in [0.1, 0.15) is 21.8 Å². The fraction of sp³-hybridized carbons (Fsp3) is 0.0667. The van der Waals surface area contributed by atoms with E-state index in [0.717, 1.165) is 4.47 Å². The van der Waals surface area contributed by atoms with Crippen LogP contribution in [-0.2, 0) is 0 Å². The van der Waals surface area contributed by atoms with Crippen LogP contribution >= 0.6 is 43.5 Å². The average Bonchev–Trinajstić information content (AvgIpc) is 2.44. The lowest BCUT2D eigenvalue weighted by atomic mass is 9.92. The fourth-order valence-corrected chi connectivity index (χ4v) is 2.71. The average molecular weight is 413 g/mol. The minimum absolute atomic E-state index is 0.247. The van der Waals surface area contributed by atoms with E-state index in [1.165, 1.54) is 0 Å². The Hall–Kier alpha value is -1.15. The van der Waals surface area contributed by atoms with Crippen molar-refractivity contribution in [1.82, 2.24) is 0 Å². The number of carbonyl (C=O) groups excluding carboxylic acids is 1. The van der Waals surface area contributed by atoms with Crippen molar-refractivity contribution in [2.75, 3.05) is 0 Å². The fourth-order valence-electron chi connectivity index (χ4n) is 1.78. The maximum atomic E-state index is 12.5. The van der Waals surface area contributed by atoms with Crippen molar-refractivity contribution < 1.29 is 4.79 Å². The molecule has 100 valence electrons. The zero-order chi connectivity index (χ0) is 14.7. The Balaban J connectivity index is 2.42. The van der Waals surface area contributed by atoms with E-state index in [4.69, 9.17) is 11.6 Å². The summed E-state index contributed by atoms with van der Waals surface area (Å²) in [5, 5.41) is 9.88. The third kappa shape index (κ3) is 3.29. The van der Waals surface area contributed by atoms with Gasteiger partial charge < -0.3 is 0 Å². The molecule has 0 radical (unpaired) electrons. The Bertz CT molecular complexity index is 692. The smallest absolute Gasteiger partial charge is 0.185 e. The lowest BCUT2D eigenvalue weighted by Crippen LogP contribution is -2.12. The standard InChI is InChI=1S/C15H8Br2ClNO/c16-10-3-6-14(17)12(7-10)15(20)13(8-19)9-1-4-11(18)5-2-9/h1-7,13H. The molecule has 0 heterocycles. The van der Waals surface area contributed by atoms with Gasteiger partial charge in [-0.15, -0.1) is 0 Å². The molecule has 1 unspecified atom stereocenters. The summed E-state index contributed by atoms with van der Waals surface area (Å²) < 4.78 is 1.46. The molecular weight excluding hydrogens is 405 g/mol. The molecule has 0 saturated carbocycles. The summed E-state index contributed by atoms with van der Waals surface area (Å²) in [7, 11) is 0. The van der Waals surface area contributed by atoms with Gasteiger partial charge in [-0.05, 0) is 35.9 Å². The van der Waals surface area contributed by atoms with E-state index >= 15 is 0 Å². The highest BCUT2D eigenvalue weighted by Crippen LogP contribution is 2.28. The summed E-state index contributed by atoms with van der Waals surface area (Å²) in [5.41, 5.74) is 1.11. The summed E-state index contributed by atoms with van der Waals surface area (Å²) in [6.07, 6.45) is 0. The summed E-state index contributed by atoms with van der Waals surface area (Å²) >= 11 is 12.5. The van der Waals surface area contributed by atoms with Crippen molar-refractivity contribution in [2.45, 2.75) is 5.92 Å². The maximum absolute atomic E-state index is 12.5. The van der Waals surface area contributed by atoms with Crippen LogP contribution in [0.5, 0.6) is 0 Å². The third-order valence-corrected chi connectivity index (χ3v) is 4.23. The van der Waals surface area contributed by atoms with Crippen molar-refractivity contribution in [2.24, 2.45) is 0 Å². The molecule has 20 heavy (non-hydrogen) atoms. The number of Topliss-reactive ketones (excluding diaryl/α,β-unsaturated/α-hetero) is 1. The Kier molecular flexibility index (Phi) is 4.98. The number of hydrogen-bond donors (Lipinski definition) is 0.